The average molecular weight is 1600 g/mol. The molecule has 634 valence electrons. The van der Waals surface area contributed by atoms with Gasteiger partial charge in [0.25, 0.3) is 11.6 Å². The van der Waals surface area contributed by atoms with E-state index in [2.05, 4.69) is 31.9 Å². The number of hydrogen-bond acceptors (Lipinski definition) is 30. The van der Waals surface area contributed by atoms with Crippen molar-refractivity contribution >= 4 is 53.2 Å². The van der Waals surface area contributed by atoms with Crippen molar-refractivity contribution < 1.29 is 138 Å². The Bertz CT molecular complexity index is 2950. The third-order valence-corrected chi connectivity index (χ3v) is 15.1. The van der Waals surface area contributed by atoms with E-state index in [-0.39, 0.29) is 99.9 Å². The lowest BCUT2D eigenvalue weighted by molar-refractivity contribution is -0.384. The zero-order valence-electron chi connectivity index (χ0n) is 65.4. The number of non-ortho nitro benzene ring substituents is 1. The lowest BCUT2D eigenvalue weighted by atomic mass is 10.0. The standard InChI is InChI=1S/C75H119N7O30/c1-59(2)69(81-72(86)67(80-74(88)110-56-61-11-7-6-8-12-61)13-9-10-20-76-68(83)58-109-54-53-108-52-51-107-50-49-106-48-47-105-46-45-104-44-42-102-38-36-99-32-30-96-26-24-93-5)73(87)78-60(3)70(84)79-63-15-14-62(57-111-75(89)112-65-18-16-64(17-19-65)82(90)91)66(55-63)71(85)77-21-22-94-27-28-97-33-34-100-39-40-103-43-41-101-37-35-98-31-29-95-25-23-92-4/h6-8,11-12,14-19,55,59-60,67,69H,9-10,13,20-54,56-58H2,1-5H3,(H,76,83)(H,77,85)(H,78,87)(H,79,84)(H,80,88)(H,81,86)/t60-,67-,69-/m0/s1. The Morgan fingerprint density at radius 3 is 1.30 bits per heavy atom. The van der Waals surface area contributed by atoms with Crippen molar-refractivity contribution in [1.82, 2.24) is 26.6 Å². The second-order valence-electron chi connectivity index (χ2n) is 24.3. The summed E-state index contributed by atoms with van der Waals surface area (Å²) < 4.78 is 113. The number of methoxy groups -OCH3 is 2. The minimum Gasteiger partial charge on any atom is -0.445 e. The maximum Gasteiger partial charge on any atom is 0.514 e. The van der Waals surface area contributed by atoms with Gasteiger partial charge in [-0.25, -0.2) is 9.59 Å². The van der Waals surface area contributed by atoms with E-state index >= 15 is 0 Å². The number of nitrogens with one attached hydrogen (secondary N) is 6. The maximum absolute atomic E-state index is 14.1. The molecular formula is C75H119N7O30. The van der Waals surface area contributed by atoms with Crippen LogP contribution in [0.5, 0.6) is 5.75 Å². The van der Waals surface area contributed by atoms with Gasteiger partial charge >= 0.3 is 12.2 Å². The summed E-state index contributed by atoms with van der Waals surface area (Å²) in [5, 5.41) is 27.3. The van der Waals surface area contributed by atoms with Crippen molar-refractivity contribution in [3.8, 4) is 5.75 Å². The molecule has 0 aliphatic heterocycles. The molecule has 0 fully saturated rings. The van der Waals surface area contributed by atoms with Crippen molar-refractivity contribution in [2.75, 3.05) is 257 Å². The van der Waals surface area contributed by atoms with Crippen LogP contribution in [0.15, 0.2) is 72.8 Å². The van der Waals surface area contributed by atoms with Gasteiger partial charge in [0, 0.05) is 56.3 Å². The summed E-state index contributed by atoms with van der Waals surface area (Å²) in [6, 6.07) is 14.2. The molecule has 37 nitrogen and oxygen atoms in total. The van der Waals surface area contributed by atoms with Crippen molar-refractivity contribution in [3.63, 3.8) is 0 Å². The number of hydrogen-bond donors (Lipinski definition) is 6. The molecule has 3 rings (SSSR count). The van der Waals surface area contributed by atoms with E-state index < -0.39 is 71.5 Å². The molecule has 0 heterocycles. The van der Waals surface area contributed by atoms with Crippen LogP contribution < -0.4 is 36.6 Å². The van der Waals surface area contributed by atoms with Crippen molar-refractivity contribution in [2.45, 2.75) is 71.4 Å². The van der Waals surface area contributed by atoms with Crippen LogP contribution in [0.3, 0.4) is 0 Å². The third kappa shape index (κ3) is 52.5. The Morgan fingerprint density at radius 1 is 0.429 bits per heavy atom. The summed E-state index contributed by atoms with van der Waals surface area (Å²) in [4.78, 5) is 105. The van der Waals surface area contributed by atoms with Crippen molar-refractivity contribution in [1.29, 1.82) is 0 Å². The highest BCUT2D eigenvalue weighted by Crippen LogP contribution is 2.21. The molecule has 0 unspecified atom stereocenters. The number of alkyl carbamates (subject to hydrolysis) is 1. The predicted molar refractivity (Wildman–Crippen MR) is 403 cm³/mol. The second kappa shape index (κ2) is 67.7. The smallest absolute Gasteiger partial charge is 0.445 e. The summed E-state index contributed by atoms with van der Waals surface area (Å²) >= 11 is 0. The zero-order chi connectivity index (χ0) is 81.0. The van der Waals surface area contributed by atoms with Gasteiger partial charge in [-0.3, -0.25) is 34.1 Å². The third-order valence-electron chi connectivity index (χ3n) is 15.1. The topological polar surface area (TPSA) is 429 Å². The minimum atomic E-state index is -1.22. The first-order valence-electron chi connectivity index (χ1n) is 37.5. The summed E-state index contributed by atoms with van der Waals surface area (Å²) in [6.07, 6.45) is -1.26. The van der Waals surface area contributed by atoms with Crippen molar-refractivity contribution in [3.05, 3.63) is 99.6 Å². The van der Waals surface area contributed by atoms with Gasteiger partial charge in [-0.15, -0.1) is 0 Å². The van der Waals surface area contributed by atoms with Gasteiger partial charge in [-0.05, 0) is 61.9 Å². The minimum absolute atomic E-state index is 0.0234. The van der Waals surface area contributed by atoms with Crippen LogP contribution in [0.2, 0.25) is 0 Å². The van der Waals surface area contributed by atoms with Gasteiger partial charge in [-0.2, -0.15) is 0 Å². The molecule has 3 aromatic carbocycles. The van der Waals surface area contributed by atoms with Crippen LogP contribution in [-0.2, 0) is 127 Å². The van der Waals surface area contributed by atoms with Gasteiger partial charge in [0.15, 0.2) is 0 Å². The highest BCUT2D eigenvalue weighted by molar-refractivity contribution is 6.01. The normalized spacial score (nSPS) is 12.1. The van der Waals surface area contributed by atoms with E-state index in [1.165, 1.54) is 37.3 Å². The Labute approximate surface area is 655 Å². The van der Waals surface area contributed by atoms with Gasteiger partial charge in [-0.1, -0.05) is 50.2 Å². The fraction of sp³-hybridized carbons (Fsp3) is 0.667. The highest BCUT2D eigenvalue weighted by Gasteiger charge is 2.31. The number of nitro groups is 1. The molecule has 112 heavy (non-hydrogen) atoms. The van der Waals surface area contributed by atoms with Gasteiger partial charge in [0.05, 0.1) is 223 Å². The molecule has 0 aliphatic rings. The van der Waals surface area contributed by atoms with E-state index in [4.69, 9.17) is 99.5 Å². The van der Waals surface area contributed by atoms with Crippen LogP contribution >= 0.6 is 0 Å². The summed E-state index contributed by atoms with van der Waals surface area (Å²) in [5.41, 5.74) is 0.749. The first kappa shape index (κ1) is 98.4. The number of carbonyl (C=O) groups is 7. The number of anilines is 1. The molecule has 3 atom stereocenters. The van der Waals surface area contributed by atoms with E-state index in [0.29, 0.717) is 203 Å². The van der Waals surface area contributed by atoms with Crippen LogP contribution in [0.25, 0.3) is 0 Å². The summed E-state index contributed by atoms with van der Waals surface area (Å²) in [6.45, 7) is 17.5. The molecular weight excluding hydrogens is 1480 g/mol. The van der Waals surface area contributed by atoms with Gasteiger partial charge < -0.3 is 131 Å². The number of rotatable bonds is 73. The maximum atomic E-state index is 14.1. The first-order valence-corrected chi connectivity index (χ1v) is 37.5. The SMILES string of the molecule is COCCOCCOCCOCCOCCOCCOCCOCCNC(=O)c1cc(NC(=O)[C@H](C)NC(=O)[C@@H](NC(=O)[C@H](CCCCNC(=O)COCCOCCOCCOCCOCCOCCOCCOCCOCCOC)NC(=O)OCc2ccccc2)C(C)C)ccc1COC(=O)Oc1ccc([N+](=O)[O-])cc1. The van der Waals surface area contributed by atoms with E-state index in [0.717, 1.165) is 12.1 Å². The summed E-state index contributed by atoms with van der Waals surface area (Å²) in [7, 11) is 3.24. The Morgan fingerprint density at radius 2 is 0.866 bits per heavy atom. The van der Waals surface area contributed by atoms with Crippen LogP contribution in [0.4, 0.5) is 21.0 Å². The van der Waals surface area contributed by atoms with Crippen LogP contribution in [0.1, 0.15) is 61.5 Å². The summed E-state index contributed by atoms with van der Waals surface area (Å²) in [5.74, 6) is -3.75. The monoisotopic (exact) mass is 1600 g/mol. The molecule has 0 radical (unpaired) electrons. The Kier molecular flexibility index (Phi) is 59.5. The Hall–Kier alpha value is -7.77. The lowest BCUT2D eigenvalue weighted by Gasteiger charge is -2.26. The average Bonchev–Trinajstić information content (AvgIpc) is 0.838. The molecule has 0 saturated carbocycles. The molecule has 6 N–H and O–H groups in total. The van der Waals surface area contributed by atoms with E-state index in [1.54, 1.807) is 52.3 Å². The molecule has 0 aliphatic carbocycles. The number of nitrogens with zero attached hydrogens (tertiary/aromatic N) is 1. The highest BCUT2D eigenvalue weighted by atomic mass is 16.7. The van der Waals surface area contributed by atoms with Gasteiger partial charge in [0.2, 0.25) is 23.6 Å². The molecule has 37 heteroatoms. The Balaban J connectivity index is 1.40. The molecule has 3 aromatic rings. The van der Waals surface area contributed by atoms with E-state index in [1.807, 2.05) is 6.07 Å². The molecule has 6 amide bonds. The number of nitro benzene ring substituents is 1. The molecule has 0 aromatic heterocycles. The predicted octanol–water partition coefficient (Wildman–Crippen LogP) is 3.76. The van der Waals surface area contributed by atoms with Crippen LogP contribution in [-0.4, -0.2) is 317 Å². The zero-order valence-corrected chi connectivity index (χ0v) is 65.4. The second-order valence-corrected chi connectivity index (χ2v) is 24.3. The largest absolute Gasteiger partial charge is 0.514 e. The molecule has 0 spiro atoms. The lowest BCUT2D eigenvalue weighted by Crippen LogP contribution is -2.57. The number of benzene rings is 3. The number of unbranched alkanes of at least 4 members (excludes halogenated alkanes) is 1. The van der Waals surface area contributed by atoms with Crippen molar-refractivity contribution in [2.24, 2.45) is 5.92 Å². The van der Waals surface area contributed by atoms with Gasteiger partial charge in [0.1, 0.15) is 43.7 Å². The fourth-order valence-corrected chi connectivity index (χ4v) is 9.19. The number of carbonyl (C=O) groups excluding carboxylic acids is 7. The number of amides is 6. The van der Waals surface area contributed by atoms with Crippen LogP contribution in [0, 0.1) is 16.0 Å². The molecule has 0 bridgehead atoms. The quantitative estimate of drug-likeness (QED) is 0.0154. The first-order chi connectivity index (χ1) is 54.6. The molecule has 0 saturated heterocycles. The fourth-order valence-electron chi connectivity index (χ4n) is 9.19. The number of ether oxygens (including phenoxy) is 21. The van der Waals surface area contributed by atoms with E-state index in [9.17, 15) is 43.7 Å².